The average Bonchev–Trinajstić information content (AvgIpc) is 3.63. The lowest BCUT2D eigenvalue weighted by Crippen LogP contribution is -2.48. The summed E-state index contributed by atoms with van der Waals surface area (Å²) in [6.07, 6.45) is 2.15. The third-order valence-corrected chi connectivity index (χ3v) is 7.73. The smallest absolute Gasteiger partial charge is 0.360 e. The lowest BCUT2D eigenvalue weighted by Gasteiger charge is -2.34. The van der Waals surface area contributed by atoms with Gasteiger partial charge in [-0.2, -0.15) is 18.3 Å². The number of anilines is 4. The van der Waals surface area contributed by atoms with Crippen molar-refractivity contribution in [3.05, 3.63) is 101 Å². The van der Waals surface area contributed by atoms with Crippen LogP contribution in [0.25, 0.3) is 5.65 Å². The lowest BCUT2D eigenvalue weighted by atomic mass is 10.0. The summed E-state index contributed by atoms with van der Waals surface area (Å²) in [4.78, 5) is 32.9. The van der Waals surface area contributed by atoms with E-state index in [1.807, 2.05) is 25.4 Å². The van der Waals surface area contributed by atoms with Crippen LogP contribution in [-0.2, 0) is 18.0 Å². The molecule has 1 aliphatic heterocycles. The van der Waals surface area contributed by atoms with Crippen molar-refractivity contribution in [2.75, 3.05) is 42.2 Å². The largest absolute Gasteiger partial charge is 0.416 e. The van der Waals surface area contributed by atoms with Crippen LogP contribution in [0.1, 0.15) is 32.7 Å². The van der Waals surface area contributed by atoms with Gasteiger partial charge in [-0.1, -0.05) is 5.92 Å². The monoisotopic (exact) mass is 644 g/mol. The molecule has 0 aliphatic carbocycles. The predicted octanol–water partition coefficient (Wildman–Crippen LogP) is 5.21. The molecule has 1 saturated heterocycles. The van der Waals surface area contributed by atoms with Gasteiger partial charge in [0.05, 0.1) is 41.4 Å². The average molecular weight is 645 g/mol. The van der Waals surface area contributed by atoms with Gasteiger partial charge in [-0.3, -0.25) is 18.7 Å². The Morgan fingerprint density at radius 1 is 1.02 bits per heavy atom. The van der Waals surface area contributed by atoms with E-state index in [4.69, 9.17) is 0 Å². The van der Waals surface area contributed by atoms with E-state index in [1.54, 1.807) is 41.6 Å². The molecule has 1 aliphatic rings. The number of likely N-dealkylation sites (N-methyl/N-ethyl adjacent to an activating group) is 1. The summed E-state index contributed by atoms with van der Waals surface area (Å²) < 4.78 is 59.9. The number of aryl methyl sites for hydroxylation is 2. The summed E-state index contributed by atoms with van der Waals surface area (Å²) in [5.74, 6) is 3.93. The molecule has 3 aromatic heterocycles. The fourth-order valence-electron chi connectivity index (χ4n) is 5.16. The molecule has 1 fully saturated rings. The van der Waals surface area contributed by atoms with Crippen LogP contribution >= 0.6 is 0 Å². The first kappa shape index (κ1) is 31.2. The van der Waals surface area contributed by atoms with Gasteiger partial charge in [0, 0.05) is 56.5 Å². The first-order valence-electron chi connectivity index (χ1n) is 14.4. The fourth-order valence-corrected chi connectivity index (χ4v) is 5.16. The number of nitrogens with one attached hydrogen (secondary N) is 2. The van der Waals surface area contributed by atoms with Gasteiger partial charge in [-0.15, -0.1) is 0 Å². The number of hydrogen-bond donors (Lipinski definition) is 2. The van der Waals surface area contributed by atoms with E-state index in [-0.39, 0.29) is 23.8 Å². The third kappa shape index (κ3) is 6.60. The van der Waals surface area contributed by atoms with Crippen molar-refractivity contribution >= 4 is 40.2 Å². The number of aromatic nitrogens is 4. The summed E-state index contributed by atoms with van der Waals surface area (Å²) in [7, 11) is 3.42. The second-order valence-electron chi connectivity index (χ2n) is 11.1. The number of imidazole rings is 1. The minimum Gasteiger partial charge on any atom is -0.360 e. The first-order chi connectivity index (χ1) is 22.4. The van der Waals surface area contributed by atoms with Crippen LogP contribution in [0.5, 0.6) is 0 Å². The molecule has 240 valence electrons. The second-order valence-corrected chi connectivity index (χ2v) is 11.1. The first-order valence-corrected chi connectivity index (χ1v) is 14.4. The van der Waals surface area contributed by atoms with E-state index in [0.717, 1.165) is 29.6 Å². The summed E-state index contributed by atoms with van der Waals surface area (Å²) in [6.45, 7) is 2.15. The molecule has 2 aromatic carbocycles. The zero-order valence-electron chi connectivity index (χ0n) is 25.5. The SMILES string of the molecule is Cc1cc(F)c(C(=O)Nc2cc(N3CCN(C)C(=O)C3)cc(C(F)(F)F)c2)cc1C#Cc1cnc2c(Nc3cnn(C)c3)cccn12. The molecule has 0 bridgehead atoms. The van der Waals surface area contributed by atoms with Gasteiger partial charge in [0.25, 0.3) is 5.91 Å². The quantitative estimate of drug-likeness (QED) is 0.202. The Morgan fingerprint density at radius 3 is 2.55 bits per heavy atom. The van der Waals surface area contributed by atoms with Crippen LogP contribution in [0.3, 0.4) is 0 Å². The molecular formula is C33H28F4N8O2. The topological polar surface area (TPSA) is 99.8 Å². The molecule has 5 aromatic rings. The highest BCUT2D eigenvalue weighted by molar-refractivity contribution is 6.05. The van der Waals surface area contributed by atoms with E-state index >= 15 is 4.39 Å². The molecule has 0 atom stereocenters. The Labute approximate surface area is 266 Å². The van der Waals surface area contributed by atoms with Crippen molar-refractivity contribution in [3.63, 3.8) is 0 Å². The number of pyridine rings is 1. The minimum absolute atomic E-state index is 0.110. The summed E-state index contributed by atoms with van der Waals surface area (Å²) in [5, 5.41) is 9.82. The molecule has 47 heavy (non-hydrogen) atoms. The number of alkyl halides is 3. The Hall–Kier alpha value is -5.84. The van der Waals surface area contributed by atoms with Crippen molar-refractivity contribution in [2.45, 2.75) is 13.1 Å². The van der Waals surface area contributed by atoms with Crippen LogP contribution in [0.15, 0.2) is 67.3 Å². The summed E-state index contributed by atoms with van der Waals surface area (Å²) in [5.41, 5.74) is 1.95. The molecule has 2 N–H and O–H groups in total. The minimum atomic E-state index is -4.72. The number of rotatable bonds is 5. The van der Waals surface area contributed by atoms with Crippen LogP contribution < -0.4 is 15.5 Å². The van der Waals surface area contributed by atoms with Crippen molar-refractivity contribution in [3.8, 4) is 11.8 Å². The van der Waals surface area contributed by atoms with E-state index in [2.05, 4.69) is 32.6 Å². The van der Waals surface area contributed by atoms with E-state index in [9.17, 15) is 22.8 Å². The maximum atomic E-state index is 15.1. The number of benzene rings is 2. The molecule has 2 amide bonds. The molecule has 14 heteroatoms. The van der Waals surface area contributed by atoms with E-state index in [1.165, 1.54) is 21.9 Å². The Bertz CT molecular complexity index is 2090. The Morgan fingerprint density at radius 2 is 1.83 bits per heavy atom. The number of carbonyl (C=O) groups excluding carboxylic acids is 2. The van der Waals surface area contributed by atoms with Gasteiger partial charge in [-0.05, 0) is 60.9 Å². The second kappa shape index (κ2) is 12.2. The highest BCUT2D eigenvalue weighted by Gasteiger charge is 2.33. The standard InChI is InChI=1S/C33H28F4N8O2/c1-20-11-28(34)27(32(47)41-23-13-22(33(35,36)37)14-26(15-23)44-10-9-42(2)30(46)19-44)12-21(20)6-7-25-17-38-31-29(5-4-8-45(25)31)40-24-16-39-43(3)18-24/h4-5,8,11-18,40H,9-10,19H2,1-3H3,(H,41,47). The van der Waals surface area contributed by atoms with Crippen molar-refractivity contribution in [1.29, 1.82) is 0 Å². The third-order valence-electron chi connectivity index (χ3n) is 7.73. The number of nitrogens with zero attached hydrogens (tertiary/aromatic N) is 6. The summed E-state index contributed by atoms with van der Waals surface area (Å²) in [6, 6.07) is 9.13. The number of fused-ring (bicyclic) bond motifs is 1. The molecule has 0 radical (unpaired) electrons. The molecule has 6 rings (SSSR count). The highest BCUT2D eigenvalue weighted by atomic mass is 19.4. The van der Waals surface area contributed by atoms with Gasteiger partial charge < -0.3 is 20.4 Å². The van der Waals surface area contributed by atoms with Gasteiger partial charge in [0.2, 0.25) is 5.91 Å². The number of halogens is 4. The molecule has 0 spiro atoms. The molecule has 4 heterocycles. The molecular weight excluding hydrogens is 616 g/mol. The zero-order chi connectivity index (χ0) is 33.5. The number of piperazine rings is 1. The van der Waals surface area contributed by atoms with Crippen LogP contribution in [0.2, 0.25) is 0 Å². The number of amides is 2. The Balaban J connectivity index is 1.27. The molecule has 10 nitrogen and oxygen atoms in total. The van der Waals surface area contributed by atoms with E-state index < -0.39 is 29.0 Å². The van der Waals surface area contributed by atoms with Crippen LogP contribution in [0.4, 0.5) is 40.3 Å². The molecule has 0 unspecified atom stereocenters. The normalized spacial score (nSPS) is 13.5. The van der Waals surface area contributed by atoms with E-state index in [0.29, 0.717) is 35.6 Å². The van der Waals surface area contributed by atoms with Crippen molar-refractivity contribution in [2.24, 2.45) is 7.05 Å². The van der Waals surface area contributed by atoms with Gasteiger partial charge in [0.15, 0.2) is 5.65 Å². The maximum Gasteiger partial charge on any atom is 0.416 e. The summed E-state index contributed by atoms with van der Waals surface area (Å²) >= 11 is 0. The predicted molar refractivity (Wildman–Crippen MR) is 168 cm³/mol. The van der Waals surface area contributed by atoms with Gasteiger partial charge in [0.1, 0.15) is 11.5 Å². The van der Waals surface area contributed by atoms with Gasteiger partial charge in [-0.25, -0.2) is 9.37 Å². The number of carbonyl (C=O) groups is 2. The maximum absolute atomic E-state index is 15.1. The van der Waals surface area contributed by atoms with Crippen LogP contribution in [-0.4, -0.2) is 62.6 Å². The van der Waals surface area contributed by atoms with Crippen molar-refractivity contribution in [1.82, 2.24) is 24.1 Å². The Kier molecular flexibility index (Phi) is 8.06. The zero-order valence-corrected chi connectivity index (χ0v) is 25.5. The van der Waals surface area contributed by atoms with Crippen molar-refractivity contribution < 1.29 is 27.2 Å². The van der Waals surface area contributed by atoms with Gasteiger partial charge >= 0.3 is 6.18 Å². The number of hydrogen-bond acceptors (Lipinski definition) is 6. The van der Waals surface area contributed by atoms with Crippen LogP contribution in [0, 0.1) is 24.6 Å². The highest BCUT2D eigenvalue weighted by Crippen LogP contribution is 2.35. The molecule has 0 saturated carbocycles. The fraction of sp³-hybridized carbons (Fsp3) is 0.212. The lowest BCUT2D eigenvalue weighted by molar-refractivity contribution is -0.137.